The SMILES string of the molecule is C[C@@H]1CC[C@@]2(OC1)OC1C[C@H]3C4CC[C@H]5C[C@@H](OC(=O)C(CC(=O)O)C(O)C(=O)O)[C@H](O)C[C@]5(C)C4CC[C@]3(C)C1[C@@H]2C. The highest BCUT2D eigenvalue weighted by molar-refractivity contribution is 5.86. The Hall–Kier alpha value is -1.75. The molecule has 2 saturated heterocycles. The molecule has 1 spiro atoms. The minimum absolute atomic E-state index is 0.123. The number of aliphatic carboxylic acids is 2. The number of fused-ring (bicyclic) bond motifs is 7. The van der Waals surface area contributed by atoms with Gasteiger partial charge in [-0.15, -0.1) is 0 Å². The van der Waals surface area contributed by atoms with Gasteiger partial charge in [0.2, 0.25) is 0 Å². The van der Waals surface area contributed by atoms with E-state index in [1.54, 1.807) is 0 Å². The van der Waals surface area contributed by atoms with Gasteiger partial charge in [-0.05, 0) is 97.7 Å². The van der Waals surface area contributed by atoms with Crippen molar-refractivity contribution in [3.63, 3.8) is 0 Å². The summed E-state index contributed by atoms with van der Waals surface area (Å²) < 4.78 is 18.9. The van der Waals surface area contributed by atoms with E-state index in [1.165, 1.54) is 0 Å². The molecule has 0 aromatic heterocycles. The zero-order chi connectivity index (χ0) is 31.1. The summed E-state index contributed by atoms with van der Waals surface area (Å²) >= 11 is 0. The van der Waals surface area contributed by atoms with Crippen LogP contribution in [0.1, 0.15) is 91.9 Å². The van der Waals surface area contributed by atoms with Crippen molar-refractivity contribution in [1.82, 2.24) is 0 Å². The smallest absolute Gasteiger partial charge is 0.333 e. The lowest BCUT2D eigenvalue weighted by atomic mass is 9.44. The summed E-state index contributed by atoms with van der Waals surface area (Å²) in [6.45, 7) is 10.2. The number of rotatable bonds is 6. The maximum absolute atomic E-state index is 12.9. The molecule has 0 bridgehead atoms. The molecule has 6 rings (SSSR count). The third kappa shape index (κ3) is 4.93. The van der Waals surface area contributed by atoms with E-state index < -0.39 is 54.3 Å². The third-order valence-corrected chi connectivity index (χ3v) is 13.5. The van der Waals surface area contributed by atoms with E-state index in [9.17, 15) is 29.7 Å². The molecule has 242 valence electrons. The van der Waals surface area contributed by atoms with E-state index >= 15 is 0 Å². The highest BCUT2D eigenvalue weighted by Crippen LogP contribution is 2.71. The van der Waals surface area contributed by atoms with Crippen LogP contribution in [0.5, 0.6) is 0 Å². The molecular weight excluding hydrogens is 556 g/mol. The summed E-state index contributed by atoms with van der Waals surface area (Å²) in [6.07, 6.45) is 3.72. The Balaban J connectivity index is 1.15. The van der Waals surface area contributed by atoms with Gasteiger partial charge in [-0.2, -0.15) is 0 Å². The topological polar surface area (TPSA) is 160 Å². The number of aliphatic hydroxyl groups is 2. The zero-order valence-corrected chi connectivity index (χ0v) is 25.9. The molecule has 6 unspecified atom stereocenters. The molecule has 15 atom stereocenters. The molecule has 4 saturated carbocycles. The van der Waals surface area contributed by atoms with Gasteiger partial charge in [-0.1, -0.05) is 27.7 Å². The fourth-order valence-electron chi connectivity index (χ4n) is 11.3. The normalized spacial score (nSPS) is 50.1. The van der Waals surface area contributed by atoms with Gasteiger partial charge in [0.25, 0.3) is 0 Å². The summed E-state index contributed by atoms with van der Waals surface area (Å²) in [5.74, 6) is -3.17. The largest absolute Gasteiger partial charge is 0.481 e. The zero-order valence-electron chi connectivity index (χ0n) is 25.9. The van der Waals surface area contributed by atoms with Crippen LogP contribution in [0, 0.1) is 58.2 Å². The number of aliphatic hydroxyl groups excluding tert-OH is 2. The number of carbonyl (C=O) groups excluding carboxylic acids is 1. The molecule has 4 aliphatic carbocycles. The van der Waals surface area contributed by atoms with E-state index in [1.807, 2.05) is 0 Å². The number of ether oxygens (including phenoxy) is 3. The van der Waals surface area contributed by atoms with Crippen LogP contribution >= 0.6 is 0 Å². The second kappa shape index (κ2) is 11.0. The number of hydrogen-bond acceptors (Lipinski definition) is 8. The van der Waals surface area contributed by atoms with Crippen LogP contribution < -0.4 is 0 Å². The summed E-state index contributed by atoms with van der Waals surface area (Å²) in [6, 6.07) is 0. The fourth-order valence-corrected chi connectivity index (χ4v) is 11.3. The first-order valence-electron chi connectivity index (χ1n) is 16.5. The number of carboxylic acid groups (broad SMARTS) is 2. The van der Waals surface area contributed by atoms with Crippen molar-refractivity contribution >= 4 is 17.9 Å². The highest BCUT2D eigenvalue weighted by Gasteiger charge is 2.69. The standard InChI is InChI=1S/C33H50O10/c1-16-7-10-33(41-15-16)17(2)27-25(43-33)13-22-19-6-5-18-11-24(42-30(40)20(12-26(35)36)28(37)29(38)39)23(34)14-32(18,4)21(19)8-9-31(22,27)3/h16-25,27-28,34,37H,5-15H2,1-4H3,(H,35,36)(H,38,39)/t16-,17+,18+,19?,20?,21?,22+,23-,24-,25?,27?,28?,31+,32+,33-/m1/s1. The van der Waals surface area contributed by atoms with Crippen LogP contribution in [0.15, 0.2) is 0 Å². The Morgan fingerprint density at radius 3 is 2.37 bits per heavy atom. The molecule has 10 heteroatoms. The highest BCUT2D eigenvalue weighted by atomic mass is 16.7. The van der Waals surface area contributed by atoms with Gasteiger partial charge >= 0.3 is 17.9 Å². The molecule has 6 fully saturated rings. The second-order valence-electron chi connectivity index (χ2n) is 15.6. The Labute approximate surface area is 253 Å². The Kier molecular flexibility index (Phi) is 7.96. The van der Waals surface area contributed by atoms with Crippen molar-refractivity contribution in [3.8, 4) is 0 Å². The first-order valence-corrected chi connectivity index (χ1v) is 16.5. The molecule has 2 aliphatic heterocycles. The molecule has 6 aliphatic rings. The van der Waals surface area contributed by atoms with E-state index in [0.29, 0.717) is 48.3 Å². The quantitative estimate of drug-likeness (QED) is 0.327. The minimum atomic E-state index is -2.19. The van der Waals surface area contributed by atoms with Gasteiger partial charge in [-0.25, -0.2) is 4.79 Å². The van der Waals surface area contributed by atoms with Crippen LogP contribution in [0.3, 0.4) is 0 Å². The average Bonchev–Trinajstić information content (AvgIpc) is 3.38. The lowest BCUT2D eigenvalue weighted by molar-refractivity contribution is -0.273. The minimum Gasteiger partial charge on any atom is -0.481 e. The van der Waals surface area contributed by atoms with Crippen molar-refractivity contribution < 1.29 is 49.0 Å². The molecule has 0 aromatic carbocycles. The number of carboxylic acids is 2. The first kappa shape index (κ1) is 31.2. The van der Waals surface area contributed by atoms with Crippen molar-refractivity contribution in [2.24, 2.45) is 58.2 Å². The molecule has 4 N–H and O–H groups in total. The van der Waals surface area contributed by atoms with Gasteiger partial charge in [0.1, 0.15) is 12.0 Å². The van der Waals surface area contributed by atoms with Crippen molar-refractivity contribution in [1.29, 1.82) is 0 Å². The molecule has 0 radical (unpaired) electrons. The van der Waals surface area contributed by atoms with Crippen molar-refractivity contribution in [3.05, 3.63) is 0 Å². The summed E-state index contributed by atoms with van der Waals surface area (Å²) in [7, 11) is 0. The molecular formula is C33H50O10. The van der Waals surface area contributed by atoms with Gasteiger partial charge < -0.3 is 34.6 Å². The Bertz CT molecular complexity index is 1120. The van der Waals surface area contributed by atoms with Crippen molar-refractivity contribution in [2.45, 2.75) is 122 Å². The van der Waals surface area contributed by atoms with Crippen LogP contribution in [0.4, 0.5) is 0 Å². The van der Waals surface area contributed by atoms with Crippen LogP contribution in [0.2, 0.25) is 0 Å². The predicted octanol–water partition coefficient (Wildman–Crippen LogP) is 3.85. The van der Waals surface area contributed by atoms with E-state index in [2.05, 4.69) is 27.7 Å². The van der Waals surface area contributed by atoms with Gasteiger partial charge in [0.15, 0.2) is 11.9 Å². The maximum Gasteiger partial charge on any atom is 0.333 e. The van der Waals surface area contributed by atoms with Crippen LogP contribution in [-0.4, -0.2) is 75.1 Å². The number of carbonyl (C=O) groups is 3. The lowest BCUT2D eigenvalue weighted by Gasteiger charge is -2.62. The van der Waals surface area contributed by atoms with Gasteiger partial charge in [-0.3, -0.25) is 9.59 Å². The number of hydrogen-bond donors (Lipinski definition) is 4. The maximum atomic E-state index is 12.9. The van der Waals surface area contributed by atoms with E-state index in [0.717, 1.165) is 51.6 Å². The third-order valence-electron chi connectivity index (χ3n) is 13.5. The van der Waals surface area contributed by atoms with Crippen molar-refractivity contribution in [2.75, 3.05) is 6.61 Å². The predicted molar refractivity (Wildman–Crippen MR) is 152 cm³/mol. The first-order chi connectivity index (χ1) is 20.2. The molecule has 0 amide bonds. The summed E-state index contributed by atoms with van der Waals surface area (Å²) in [5, 5.41) is 39.6. The summed E-state index contributed by atoms with van der Waals surface area (Å²) in [5.41, 5.74) is 0.0709. The second-order valence-corrected chi connectivity index (χ2v) is 15.6. The molecule has 0 aromatic rings. The van der Waals surface area contributed by atoms with Gasteiger partial charge in [0, 0.05) is 12.3 Å². The Morgan fingerprint density at radius 1 is 0.977 bits per heavy atom. The van der Waals surface area contributed by atoms with Gasteiger partial charge in [0.05, 0.1) is 25.2 Å². The fraction of sp³-hybridized carbons (Fsp3) is 0.909. The lowest BCUT2D eigenvalue weighted by Crippen LogP contribution is -2.58. The van der Waals surface area contributed by atoms with Crippen LogP contribution in [0.25, 0.3) is 0 Å². The van der Waals surface area contributed by atoms with E-state index in [4.69, 9.17) is 19.3 Å². The average molecular weight is 607 g/mol. The molecule has 43 heavy (non-hydrogen) atoms. The molecule has 10 nitrogen and oxygen atoms in total. The monoisotopic (exact) mass is 606 g/mol. The Morgan fingerprint density at radius 2 is 1.72 bits per heavy atom. The molecule has 2 heterocycles. The van der Waals surface area contributed by atoms with Crippen LogP contribution in [-0.2, 0) is 28.6 Å². The van der Waals surface area contributed by atoms with E-state index in [-0.39, 0.29) is 22.9 Å². The number of esters is 1. The summed E-state index contributed by atoms with van der Waals surface area (Å²) in [4.78, 5) is 35.4.